The lowest BCUT2D eigenvalue weighted by atomic mass is 10.2. The summed E-state index contributed by atoms with van der Waals surface area (Å²) in [4.78, 5) is 12.6. The molecule has 0 aliphatic rings. The van der Waals surface area contributed by atoms with Gasteiger partial charge in [0, 0.05) is 20.2 Å². The van der Waals surface area contributed by atoms with Crippen LogP contribution in [0.15, 0.2) is 47.4 Å². The number of rotatable bonds is 12. The molecule has 0 saturated heterocycles. The summed E-state index contributed by atoms with van der Waals surface area (Å²) in [6.07, 6.45) is 0.989. The lowest BCUT2D eigenvalue weighted by Gasteiger charge is -2.24. The van der Waals surface area contributed by atoms with Gasteiger partial charge in [0.05, 0.1) is 37.6 Å². The van der Waals surface area contributed by atoms with Crippen LogP contribution in [0, 0.1) is 0 Å². The van der Waals surface area contributed by atoms with Gasteiger partial charge in [-0.05, 0) is 36.4 Å². The second kappa shape index (κ2) is 11.4. The van der Waals surface area contributed by atoms with Crippen molar-refractivity contribution in [1.29, 1.82) is 0 Å². The third kappa shape index (κ3) is 6.98. The van der Waals surface area contributed by atoms with Crippen molar-refractivity contribution in [2.45, 2.75) is 4.90 Å². The average Bonchev–Trinajstić information content (AvgIpc) is 2.79. The maximum absolute atomic E-state index is 12.4. The highest BCUT2D eigenvalue weighted by molar-refractivity contribution is 7.92. The summed E-state index contributed by atoms with van der Waals surface area (Å²) >= 11 is 0. The maximum atomic E-state index is 12.4. The lowest BCUT2D eigenvalue weighted by Crippen LogP contribution is -2.41. The Bertz CT molecular complexity index is 1200. The number of anilines is 1. The summed E-state index contributed by atoms with van der Waals surface area (Å²) < 4.78 is 66.9. The van der Waals surface area contributed by atoms with Crippen molar-refractivity contribution in [2.24, 2.45) is 0 Å². The zero-order valence-electron chi connectivity index (χ0n) is 19.6. The monoisotopic (exact) mass is 515 g/mol. The van der Waals surface area contributed by atoms with Gasteiger partial charge < -0.3 is 19.5 Å². The molecule has 0 aromatic heterocycles. The zero-order valence-corrected chi connectivity index (χ0v) is 21.3. The van der Waals surface area contributed by atoms with E-state index in [0.29, 0.717) is 11.5 Å². The van der Waals surface area contributed by atoms with E-state index >= 15 is 0 Å². The number of carbonyl (C=O) groups is 1. The maximum Gasteiger partial charge on any atom is 0.242 e. The van der Waals surface area contributed by atoms with E-state index in [1.165, 1.54) is 58.6 Å². The molecule has 0 fully saturated rings. The molecule has 1 N–H and O–H groups in total. The Morgan fingerprint density at radius 1 is 0.941 bits per heavy atom. The molecule has 0 radical (unpaired) electrons. The summed E-state index contributed by atoms with van der Waals surface area (Å²) in [6, 6.07) is 10.5. The highest BCUT2D eigenvalue weighted by Crippen LogP contribution is 2.33. The first kappa shape index (κ1) is 27.2. The van der Waals surface area contributed by atoms with Gasteiger partial charge in [0.1, 0.15) is 30.4 Å². The van der Waals surface area contributed by atoms with E-state index in [4.69, 9.17) is 14.2 Å². The molecule has 0 aliphatic carbocycles. The van der Waals surface area contributed by atoms with Gasteiger partial charge in [0.15, 0.2) is 0 Å². The predicted molar refractivity (Wildman–Crippen MR) is 128 cm³/mol. The Morgan fingerprint density at radius 3 is 2.09 bits per heavy atom. The van der Waals surface area contributed by atoms with Crippen molar-refractivity contribution in [3.63, 3.8) is 0 Å². The van der Waals surface area contributed by atoms with Gasteiger partial charge in [-0.3, -0.25) is 9.10 Å². The number of ether oxygens (including phenoxy) is 3. The van der Waals surface area contributed by atoms with Crippen molar-refractivity contribution in [1.82, 2.24) is 9.62 Å². The minimum Gasteiger partial charge on any atom is -0.497 e. The number of hydrogen-bond acceptors (Lipinski definition) is 8. The molecule has 0 unspecified atom stereocenters. The number of sulfonamides is 2. The molecular formula is C21H29N3O8S2. The number of hydrogen-bond donors (Lipinski definition) is 1. The first-order valence-electron chi connectivity index (χ1n) is 10.0. The van der Waals surface area contributed by atoms with Crippen LogP contribution in [0.1, 0.15) is 0 Å². The molecule has 0 atom stereocenters. The lowest BCUT2D eigenvalue weighted by molar-refractivity contribution is -0.119. The number of amides is 1. The topological polar surface area (TPSA) is 132 Å². The van der Waals surface area contributed by atoms with Crippen LogP contribution in [0.2, 0.25) is 0 Å². The second-order valence-corrected chi connectivity index (χ2v) is 11.3. The number of nitrogens with zero attached hydrogens (tertiary/aromatic N) is 2. The molecule has 34 heavy (non-hydrogen) atoms. The molecule has 0 saturated carbocycles. The van der Waals surface area contributed by atoms with Crippen LogP contribution in [0.5, 0.6) is 17.2 Å². The van der Waals surface area contributed by atoms with E-state index < -0.39 is 32.5 Å². The molecule has 13 heteroatoms. The fourth-order valence-corrected chi connectivity index (χ4v) is 4.59. The normalized spacial score (nSPS) is 11.7. The third-order valence-corrected chi connectivity index (χ3v) is 7.59. The van der Waals surface area contributed by atoms with Crippen LogP contribution in [0.4, 0.5) is 5.69 Å². The molecule has 0 heterocycles. The average molecular weight is 516 g/mol. The predicted octanol–water partition coefficient (Wildman–Crippen LogP) is 0.915. The van der Waals surface area contributed by atoms with Crippen molar-refractivity contribution < 1.29 is 35.8 Å². The van der Waals surface area contributed by atoms with Gasteiger partial charge in [-0.2, -0.15) is 0 Å². The van der Waals surface area contributed by atoms with E-state index in [9.17, 15) is 21.6 Å². The molecule has 2 aromatic carbocycles. The van der Waals surface area contributed by atoms with E-state index in [1.54, 1.807) is 12.1 Å². The Kier molecular flexibility index (Phi) is 9.13. The standard InChI is InChI=1S/C21H29N3O8S2/c1-23(2)34(28,29)18-9-6-16(7-10-18)32-13-12-22-21(25)15-24(33(5,26)27)19-14-17(30-3)8-11-20(19)31-4/h6-11,14H,12-13,15H2,1-5H3,(H,22,25). The Labute approximate surface area is 200 Å². The first-order valence-corrected chi connectivity index (χ1v) is 13.3. The van der Waals surface area contributed by atoms with Gasteiger partial charge in [0.25, 0.3) is 0 Å². The number of benzene rings is 2. The minimum atomic E-state index is -3.81. The molecular weight excluding hydrogens is 486 g/mol. The van der Waals surface area contributed by atoms with E-state index in [0.717, 1.165) is 14.9 Å². The van der Waals surface area contributed by atoms with Gasteiger partial charge in [-0.25, -0.2) is 21.1 Å². The Hall–Kier alpha value is -3.03. The fourth-order valence-electron chi connectivity index (χ4n) is 2.84. The zero-order chi connectivity index (χ0) is 25.5. The Balaban J connectivity index is 1.98. The van der Waals surface area contributed by atoms with Crippen LogP contribution >= 0.6 is 0 Å². The van der Waals surface area contributed by atoms with Crippen molar-refractivity contribution >= 4 is 31.6 Å². The van der Waals surface area contributed by atoms with Gasteiger partial charge in [-0.1, -0.05) is 0 Å². The quantitative estimate of drug-likeness (QED) is 0.413. The molecule has 2 rings (SSSR count). The van der Waals surface area contributed by atoms with E-state index in [-0.39, 0.29) is 29.5 Å². The minimum absolute atomic E-state index is 0.0902. The van der Waals surface area contributed by atoms with Crippen LogP contribution in [-0.2, 0) is 24.8 Å². The summed E-state index contributed by atoms with van der Waals surface area (Å²) in [6.45, 7) is -0.282. The highest BCUT2D eigenvalue weighted by atomic mass is 32.2. The second-order valence-electron chi connectivity index (χ2n) is 7.26. The van der Waals surface area contributed by atoms with E-state index in [1.807, 2.05) is 0 Å². The van der Waals surface area contributed by atoms with E-state index in [2.05, 4.69) is 5.32 Å². The SMILES string of the molecule is COc1ccc(OC)c(N(CC(=O)NCCOc2ccc(S(=O)(=O)N(C)C)cc2)S(C)(=O)=O)c1. The van der Waals surface area contributed by atoms with Crippen LogP contribution in [0.25, 0.3) is 0 Å². The fraction of sp³-hybridized carbons (Fsp3) is 0.381. The first-order chi connectivity index (χ1) is 15.9. The van der Waals surface area contributed by atoms with Crippen molar-refractivity contribution in [2.75, 3.05) is 58.6 Å². The van der Waals surface area contributed by atoms with Crippen LogP contribution < -0.4 is 23.8 Å². The van der Waals surface area contributed by atoms with Gasteiger partial charge >= 0.3 is 0 Å². The number of carbonyl (C=O) groups excluding carboxylic acids is 1. The summed E-state index contributed by atoms with van der Waals surface area (Å²) in [7, 11) is -1.63. The van der Waals surface area contributed by atoms with Crippen LogP contribution in [-0.4, -0.2) is 81.3 Å². The molecule has 2 aromatic rings. The molecule has 1 amide bonds. The molecule has 11 nitrogen and oxygen atoms in total. The summed E-state index contributed by atoms with van der Waals surface area (Å²) in [5, 5.41) is 2.60. The smallest absolute Gasteiger partial charge is 0.242 e. The summed E-state index contributed by atoms with van der Waals surface area (Å²) in [5.41, 5.74) is 0.170. The van der Waals surface area contributed by atoms with Gasteiger partial charge in [0.2, 0.25) is 26.0 Å². The van der Waals surface area contributed by atoms with Crippen LogP contribution in [0.3, 0.4) is 0 Å². The van der Waals surface area contributed by atoms with Gasteiger partial charge in [-0.15, -0.1) is 0 Å². The third-order valence-electron chi connectivity index (χ3n) is 4.64. The molecule has 0 bridgehead atoms. The number of nitrogens with one attached hydrogen (secondary N) is 1. The Morgan fingerprint density at radius 2 is 1.56 bits per heavy atom. The molecule has 0 spiro atoms. The van der Waals surface area contributed by atoms with Crippen molar-refractivity contribution in [3.8, 4) is 17.2 Å². The van der Waals surface area contributed by atoms with Crippen molar-refractivity contribution in [3.05, 3.63) is 42.5 Å². The molecule has 0 aliphatic heterocycles. The largest absolute Gasteiger partial charge is 0.497 e. The number of methoxy groups -OCH3 is 2. The highest BCUT2D eigenvalue weighted by Gasteiger charge is 2.24. The summed E-state index contributed by atoms with van der Waals surface area (Å²) in [5.74, 6) is 0.543. The molecule has 188 valence electrons.